The molecule has 0 aromatic rings. The highest BCUT2D eigenvalue weighted by molar-refractivity contribution is 7.89. The fraction of sp³-hybridized carbons (Fsp3) is 1.00. The summed E-state index contributed by atoms with van der Waals surface area (Å²) in [6.07, 6.45) is 0.677. The molecular formula is C11H26N2O2S. The van der Waals surface area contributed by atoms with Crippen molar-refractivity contribution < 1.29 is 8.42 Å². The van der Waals surface area contributed by atoms with E-state index >= 15 is 0 Å². The lowest BCUT2D eigenvalue weighted by atomic mass is 9.94. The van der Waals surface area contributed by atoms with Gasteiger partial charge in [0.15, 0.2) is 0 Å². The van der Waals surface area contributed by atoms with Crippen LogP contribution < -0.4 is 5.73 Å². The highest BCUT2D eigenvalue weighted by Crippen LogP contribution is 2.20. The normalized spacial score (nSPS) is 15.4. The second-order valence-corrected chi connectivity index (χ2v) is 7.94. The summed E-state index contributed by atoms with van der Waals surface area (Å²) in [5.74, 6) is 0.416. The number of nitrogens with zero attached hydrogens (tertiary/aromatic N) is 1. The SMILES string of the molecule is CC(CN)CN(C)S(=O)(=O)CCC(C)(C)C. The molecule has 0 bridgehead atoms. The third-order valence-corrected chi connectivity index (χ3v) is 4.37. The van der Waals surface area contributed by atoms with Gasteiger partial charge >= 0.3 is 0 Å². The number of nitrogens with two attached hydrogens (primary N) is 1. The Balaban J connectivity index is 4.33. The standard InChI is InChI=1S/C11H26N2O2S/c1-10(8-12)9-13(5)16(14,15)7-6-11(2,3)4/h10H,6-9,12H2,1-5H3. The summed E-state index contributed by atoms with van der Waals surface area (Å²) >= 11 is 0. The first-order valence-electron chi connectivity index (χ1n) is 5.72. The van der Waals surface area contributed by atoms with Crippen LogP contribution >= 0.6 is 0 Å². The van der Waals surface area contributed by atoms with Gasteiger partial charge < -0.3 is 5.73 Å². The molecule has 0 saturated carbocycles. The number of hydrogen-bond acceptors (Lipinski definition) is 3. The minimum absolute atomic E-state index is 0.0490. The van der Waals surface area contributed by atoms with E-state index in [9.17, 15) is 8.42 Å². The van der Waals surface area contributed by atoms with Crippen LogP contribution in [0.3, 0.4) is 0 Å². The molecule has 0 aliphatic rings. The van der Waals surface area contributed by atoms with Crippen molar-refractivity contribution in [2.24, 2.45) is 17.1 Å². The van der Waals surface area contributed by atoms with Gasteiger partial charge in [0, 0.05) is 13.6 Å². The number of sulfonamides is 1. The van der Waals surface area contributed by atoms with Crippen LogP contribution in [-0.4, -0.2) is 38.6 Å². The van der Waals surface area contributed by atoms with Crippen LogP contribution in [0.25, 0.3) is 0 Å². The first-order chi connectivity index (χ1) is 7.08. The van der Waals surface area contributed by atoms with E-state index in [1.165, 1.54) is 4.31 Å². The van der Waals surface area contributed by atoms with Crippen LogP contribution in [0.4, 0.5) is 0 Å². The Morgan fingerprint density at radius 3 is 2.19 bits per heavy atom. The summed E-state index contributed by atoms with van der Waals surface area (Å²) in [7, 11) is -1.49. The first-order valence-corrected chi connectivity index (χ1v) is 7.33. The van der Waals surface area contributed by atoms with Crippen molar-refractivity contribution in [3.05, 3.63) is 0 Å². The average molecular weight is 250 g/mol. The van der Waals surface area contributed by atoms with Crippen molar-refractivity contribution in [1.82, 2.24) is 4.31 Å². The van der Waals surface area contributed by atoms with Crippen molar-refractivity contribution in [2.75, 3.05) is 25.9 Å². The molecule has 4 nitrogen and oxygen atoms in total. The van der Waals surface area contributed by atoms with E-state index in [4.69, 9.17) is 5.73 Å². The van der Waals surface area contributed by atoms with E-state index in [0.29, 0.717) is 19.5 Å². The molecule has 0 saturated heterocycles. The monoisotopic (exact) mass is 250 g/mol. The second-order valence-electron chi connectivity index (χ2n) is 5.75. The van der Waals surface area contributed by atoms with Gasteiger partial charge in [-0.3, -0.25) is 0 Å². The zero-order valence-electron chi connectivity index (χ0n) is 11.2. The molecule has 2 N–H and O–H groups in total. The third kappa shape index (κ3) is 6.45. The van der Waals surface area contributed by atoms with Gasteiger partial charge in [-0.25, -0.2) is 12.7 Å². The Kier molecular flexibility index (Phi) is 5.93. The molecule has 0 spiro atoms. The second kappa shape index (κ2) is 5.98. The van der Waals surface area contributed by atoms with E-state index in [-0.39, 0.29) is 17.1 Å². The van der Waals surface area contributed by atoms with E-state index < -0.39 is 10.0 Å². The molecule has 0 heterocycles. The predicted octanol–water partition coefficient (Wildman–Crippen LogP) is 1.28. The molecule has 0 rings (SSSR count). The molecule has 0 fully saturated rings. The van der Waals surface area contributed by atoms with Crippen molar-refractivity contribution in [1.29, 1.82) is 0 Å². The fourth-order valence-corrected chi connectivity index (χ4v) is 2.88. The zero-order valence-corrected chi connectivity index (χ0v) is 12.0. The molecule has 5 heteroatoms. The Morgan fingerprint density at radius 1 is 1.31 bits per heavy atom. The number of rotatable bonds is 6. The maximum atomic E-state index is 11.9. The predicted molar refractivity (Wildman–Crippen MR) is 68.7 cm³/mol. The molecule has 0 aromatic carbocycles. The van der Waals surface area contributed by atoms with Crippen molar-refractivity contribution in [3.63, 3.8) is 0 Å². The largest absolute Gasteiger partial charge is 0.330 e. The van der Waals surface area contributed by atoms with Crippen LogP contribution in [0, 0.1) is 11.3 Å². The molecule has 0 amide bonds. The molecule has 1 atom stereocenters. The van der Waals surface area contributed by atoms with Crippen molar-refractivity contribution >= 4 is 10.0 Å². The Morgan fingerprint density at radius 2 is 1.81 bits per heavy atom. The van der Waals surface area contributed by atoms with Gasteiger partial charge in [-0.1, -0.05) is 27.7 Å². The lowest BCUT2D eigenvalue weighted by Crippen LogP contribution is -2.35. The molecule has 0 aliphatic carbocycles. The van der Waals surface area contributed by atoms with Gasteiger partial charge in [-0.05, 0) is 24.3 Å². The van der Waals surface area contributed by atoms with Crippen molar-refractivity contribution in [3.8, 4) is 0 Å². The maximum Gasteiger partial charge on any atom is 0.213 e. The van der Waals surface area contributed by atoms with E-state index in [0.717, 1.165) is 0 Å². The Bertz CT molecular complexity index is 294. The summed E-state index contributed by atoms with van der Waals surface area (Å²) in [5.41, 5.74) is 5.53. The lowest BCUT2D eigenvalue weighted by Gasteiger charge is -2.23. The molecule has 98 valence electrons. The molecule has 0 radical (unpaired) electrons. The molecular weight excluding hydrogens is 224 g/mol. The summed E-state index contributed by atoms with van der Waals surface area (Å²) in [6.45, 7) is 9.11. The fourth-order valence-electron chi connectivity index (χ4n) is 1.22. The molecule has 0 aromatic heterocycles. The van der Waals surface area contributed by atoms with Gasteiger partial charge in [0.25, 0.3) is 0 Å². The lowest BCUT2D eigenvalue weighted by molar-refractivity contribution is 0.377. The minimum Gasteiger partial charge on any atom is -0.330 e. The first kappa shape index (κ1) is 15.9. The molecule has 0 aliphatic heterocycles. The third-order valence-electron chi connectivity index (χ3n) is 2.56. The van der Waals surface area contributed by atoms with Gasteiger partial charge in [0.05, 0.1) is 5.75 Å². The zero-order chi connectivity index (χ0) is 13.0. The van der Waals surface area contributed by atoms with Crippen molar-refractivity contribution in [2.45, 2.75) is 34.1 Å². The Hall–Kier alpha value is -0.130. The smallest absolute Gasteiger partial charge is 0.213 e. The summed E-state index contributed by atoms with van der Waals surface area (Å²) < 4.78 is 25.3. The van der Waals surface area contributed by atoms with Crippen LogP contribution in [0.2, 0.25) is 0 Å². The summed E-state index contributed by atoms with van der Waals surface area (Å²) in [6, 6.07) is 0. The molecule has 16 heavy (non-hydrogen) atoms. The summed E-state index contributed by atoms with van der Waals surface area (Å²) in [4.78, 5) is 0. The Labute approximate surface area is 100 Å². The van der Waals surface area contributed by atoms with E-state index in [1.807, 2.05) is 27.7 Å². The van der Waals surface area contributed by atoms with Gasteiger partial charge in [0.1, 0.15) is 0 Å². The average Bonchev–Trinajstić information content (AvgIpc) is 2.13. The van der Waals surface area contributed by atoms with Gasteiger partial charge in [-0.15, -0.1) is 0 Å². The van der Waals surface area contributed by atoms with E-state index in [2.05, 4.69) is 0 Å². The highest BCUT2D eigenvalue weighted by Gasteiger charge is 2.22. The topological polar surface area (TPSA) is 63.4 Å². The van der Waals surface area contributed by atoms with E-state index in [1.54, 1.807) is 7.05 Å². The van der Waals surface area contributed by atoms with Crippen LogP contribution in [0.5, 0.6) is 0 Å². The number of hydrogen-bond donors (Lipinski definition) is 1. The minimum atomic E-state index is -3.12. The van der Waals surface area contributed by atoms with Crippen LogP contribution in [0.1, 0.15) is 34.1 Å². The van der Waals surface area contributed by atoms with Gasteiger partial charge in [-0.2, -0.15) is 0 Å². The van der Waals surface area contributed by atoms with Crippen LogP contribution in [-0.2, 0) is 10.0 Å². The van der Waals surface area contributed by atoms with Gasteiger partial charge in [0.2, 0.25) is 10.0 Å². The summed E-state index contributed by atoms with van der Waals surface area (Å²) in [5, 5.41) is 0. The highest BCUT2D eigenvalue weighted by atomic mass is 32.2. The molecule has 1 unspecified atom stereocenters. The van der Waals surface area contributed by atoms with Crippen LogP contribution in [0.15, 0.2) is 0 Å². The maximum absolute atomic E-state index is 11.9. The quantitative estimate of drug-likeness (QED) is 0.772.